The fourth-order valence-corrected chi connectivity index (χ4v) is 4.44. The molecule has 7 heteroatoms. The summed E-state index contributed by atoms with van der Waals surface area (Å²) in [4.78, 5) is 26.9. The smallest absolute Gasteiger partial charge is 0.245 e. The molecule has 3 heterocycles. The van der Waals surface area contributed by atoms with Gasteiger partial charge < -0.3 is 15.0 Å². The van der Waals surface area contributed by atoms with Crippen LogP contribution in [0.2, 0.25) is 0 Å². The number of hydrogen-bond donors (Lipinski definition) is 1. The first kappa shape index (κ1) is 20.8. The minimum Gasteiger partial charge on any atom is -0.381 e. The lowest BCUT2D eigenvalue weighted by Crippen LogP contribution is -2.65. The molecule has 3 rings (SSSR count). The molecule has 0 aliphatic carbocycles. The molecule has 0 aromatic carbocycles. The molecule has 2 aliphatic rings. The zero-order valence-corrected chi connectivity index (χ0v) is 18.0. The molecule has 2 amide bonds. The molecule has 0 saturated carbocycles. The Morgan fingerprint density at radius 1 is 1.29 bits per heavy atom. The lowest BCUT2D eigenvalue weighted by molar-refractivity contribution is -0.172. The summed E-state index contributed by atoms with van der Waals surface area (Å²) >= 11 is 0. The molecule has 7 nitrogen and oxygen atoms in total. The van der Waals surface area contributed by atoms with Gasteiger partial charge >= 0.3 is 0 Å². The standard InChI is InChI=1S/C21H34N4O3/c1-14(2)17(23-15(3)26)19(27)24-13-21(7-9-28-10-8-21)18(24)16-11-22-25(12-16)20(4,5)6/h11-12,14,17-18H,7-10,13H2,1-6H3,(H,23,26)/t17-,18?/m1/s1. The van der Waals surface area contributed by atoms with Crippen molar-refractivity contribution in [3.63, 3.8) is 0 Å². The fourth-order valence-electron chi connectivity index (χ4n) is 4.44. The van der Waals surface area contributed by atoms with E-state index in [-0.39, 0.29) is 34.7 Å². The molecule has 2 fully saturated rings. The van der Waals surface area contributed by atoms with Gasteiger partial charge in [-0.25, -0.2) is 0 Å². The van der Waals surface area contributed by atoms with Gasteiger partial charge in [-0.3, -0.25) is 14.3 Å². The molecule has 2 aliphatic heterocycles. The van der Waals surface area contributed by atoms with Crippen LogP contribution in [-0.2, 0) is 19.9 Å². The zero-order valence-electron chi connectivity index (χ0n) is 18.0. The Labute approximate surface area is 167 Å². The number of nitrogens with zero attached hydrogens (tertiary/aromatic N) is 3. The predicted molar refractivity (Wildman–Crippen MR) is 107 cm³/mol. The van der Waals surface area contributed by atoms with Crippen molar-refractivity contribution in [3.05, 3.63) is 18.0 Å². The van der Waals surface area contributed by atoms with Crippen molar-refractivity contribution in [1.29, 1.82) is 0 Å². The monoisotopic (exact) mass is 390 g/mol. The van der Waals surface area contributed by atoms with Gasteiger partial charge in [0.15, 0.2) is 0 Å². The maximum absolute atomic E-state index is 13.4. The Morgan fingerprint density at radius 2 is 1.93 bits per heavy atom. The topological polar surface area (TPSA) is 76.5 Å². The molecule has 2 saturated heterocycles. The third kappa shape index (κ3) is 3.81. The van der Waals surface area contributed by atoms with Crippen molar-refractivity contribution in [2.24, 2.45) is 11.3 Å². The van der Waals surface area contributed by atoms with Crippen molar-refractivity contribution in [2.45, 2.75) is 72.0 Å². The van der Waals surface area contributed by atoms with E-state index in [4.69, 9.17) is 4.74 Å². The van der Waals surface area contributed by atoms with Gasteiger partial charge in [-0.1, -0.05) is 13.8 Å². The summed E-state index contributed by atoms with van der Waals surface area (Å²) in [7, 11) is 0. The van der Waals surface area contributed by atoms with Crippen LogP contribution in [0.1, 0.15) is 66.0 Å². The number of carbonyl (C=O) groups is 2. The second kappa shape index (κ2) is 7.50. The summed E-state index contributed by atoms with van der Waals surface area (Å²) in [6, 6.07) is -0.523. The number of likely N-dealkylation sites (tertiary alicyclic amines) is 1. The van der Waals surface area contributed by atoms with Gasteiger partial charge in [0, 0.05) is 43.9 Å². The van der Waals surface area contributed by atoms with Crippen LogP contribution < -0.4 is 5.32 Å². The summed E-state index contributed by atoms with van der Waals surface area (Å²) in [5.41, 5.74) is 0.995. The van der Waals surface area contributed by atoms with E-state index < -0.39 is 6.04 Å². The first-order valence-corrected chi connectivity index (χ1v) is 10.3. The van der Waals surface area contributed by atoms with E-state index >= 15 is 0 Å². The van der Waals surface area contributed by atoms with Crippen molar-refractivity contribution >= 4 is 11.8 Å². The SMILES string of the molecule is CC(=O)N[C@@H](C(=O)N1CC2(CCOCC2)C1c1cnn(C(C)(C)C)c1)C(C)C. The van der Waals surface area contributed by atoms with E-state index in [1.165, 1.54) is 6.92 Å². The average Bonchev–Trinajstić information content (AvgIpc) is 3.07. The van der Waals surface area contributed by atoms with E-state index in [0.717, 1.165) is 31.6 Å². The van der Waals surface area contributed by atoms with Crippen LogP contribution in [0.25, 0.3) is 0 Å². The van der Waals surface area contributed by atoms with Crippen molar-refractivity contribution < 1.29 is 14.3 Å². The van der Waals surface area contributed by atoms with Crippen LogP contribution in [0.15, 0.2) is 12.4 Å². The van der Waals surface area contributed by atoms with Crippen LogP contribution in [0.4, 0.5) is 0 Å². The summed E-state index contributed by atoms with van der Waals surface area (Å²) in [6.45, 7) is 13.9. The fraction of sp³-hybridized carbons (Fsp3) is 0.762. The van der Waals surface area contributed by atoms with Crippen LogP contribution in [0.3, 0.4) is 0 Å². The first-order chi connectivity index (χ1) is 13.0. The highest BCUT2D eigenvalue weighted by molar-refractivity contribution is 5.88. The molecule has 156 valence electrons. The Morgan fingerprint density at radius 3 is 2.43 bits per heavy atom. The first-order valence-electron chi connectivity index (χ1n) is 10.3. The summed E-state index contributed by atoms with van der Waals surface area (Å²) in [6.07, 6.45) is 5.85. The third-order valence-electron chi connectivity index (χ3n) is 6.05. The maximum Gasteiger partial charge on any atom is 0.245 e. The maximum atomic E-state index is 13.4. The summed E-state index contributed by atoms with van der Waals surface area (Å²) < 4.78 is 7.56. The molecule has 2 atom stereocenters. The minimum absolute atomic E-state index is 0.00387. The zero-order chi connectivity index (χ0) is 20.7. The largest absolute Gasteiger partial charge is 0.381 e. The molecule has 1 aromatic heterocycles. The minimum atomic E-state index is -0.505. The highest BCUT2D eigenvalue weighted by Gasteiger charge is 2.56. The normalized spacial score (nSPS) is 22.8. The second-order valence-corrected chi connectivity index (χ2v) is 9.65. The van der Waals surface area contributed by atoms with Crippen LogP contribution in [0.5, 0.6) is 0 Å². The number of hydrogen-bond acceptors (Lipinski definition) is 4. The van der Waals surface area contributed by atoms with Crippen LogP contribution in [0, 0.1) is 11.3 Å². The molecule has 0 radical (unpaired) electrons. The molecular weight excluding hydrogens is 356 g/mol. The lowest BCUT2D eigenvalue weighted by atomic mass is 9.64. The number of nitrogens with one attached hydrogen (secondary N) is 1. The second-order valence-electron chi connectivity index (χ2n) is 9.65. The van der Waals surface area contributed by atoms with Crippen LogP contribution >= 0.6 is 0 Å². The number of rotatable bonds is 4. The quantitative estimate of drug-likeness (QED) is 0.857. The average molecular weight is 391 g/mol. The highest BCUT2D eigenvalue weighted by atomic mass is 16.5. The van der Waals surface area contributed by atoms with Crippen LogP contribution in [-0.4, -0.2) is 52.3 Å². The van der Waals surface area contributed by atoms with Gasteiger partial charge in [0.2, 0.25) is 11.8 Å². The molecule has 1 aromatic rings. The lowest BCUT2D eigenvalue weighted by Gasteiger charge is -2.59. The molecular formula is C21H34N4O3. The third-order valence-corrected chi connectivity index (χ3v) is 6.05. The number of carbonyl (C=O) groups excluding carboxylic acids is 2. The number of amides is 2. The van der Waals surface area contributed by atoms with E-state index in [2.05, 4.69) is 37.4 Å². The van der Waals surface area contributed by atoms with E-state index in [9.17, 15) is 9.59 Å². The summed E-state index contributed by atoms with van der Waals surface area (Å²) in [5.74, 6) is -0.151. The summed E-state index contributed by atoms with van der Waals surface area (Å²) in [5, 5.41) is 7.41. The highest BCUT2D eigenvalue weighted by Crippen LogP contribution is 2.55. The van der Waals surface area contributed by atoms with E-state index in [1.807, 2.05) is 29.6 Å². The van der Waals surface area contributed by atoms with E-state index in [1.54, 1.807) is 0 Å². The molecule has 1 N–H and O–H groups in total. The van der Waals surface area contributed by atoms with Gasteiger partial charge in [-0.05, 0) is 39.5 Å². The number of aromatic nitrogens is 2. The van der Waals surface area contributed by atoms with Gasteiger partial charge in [0.25, 0.3) is 0 Å². The van der Waals surface area contributed by atoms with Gasteiger partial charge in [0.1, 0.15) is 6.04 Å². The van der Waals surface area contributed by atoms with Crippen molar-refractivity contribution in [3.8, 4) is 0 Å². The van der Waals surface area contributed by atoms with Gasteiger partial charge in [0.05, 0.1) is 17.8 Å². The Kier molecular flexibility index (Phi) is 5.58. The molecule has 1 spiro atoms. The van der Waals surface area contributed by atoms with Crippen molar-refractivity contribution in [1.82, 2.24) is 20.0 Å². The van der Waals surface area contributed by atoms with Gasteiger partial charge in [-0.2, -0.15) is 5.10 Å². The van der Waals surface area contributed by atoms with Gasteiger partial charge in [-0.15, -0.1) is 0 Å². The Hall–Kier alpha value is -1.89. The Bertz CT molecular complexity index is 728. The molecule has 1 unspecified atom stereocenters. The van der Waals surface area contributed by atoms with Crippen molar-refractivity contribution in [2.75, 3.05) is 19.8 Å². The molecule has 28 heavy (non-hydrogen) atoms. The van der Waals surface area contributed by atoms with E-state index in [0.29, 0.717) is 6.54 Å². The Balaban J connectivity index is 1.91. The number of ether oxygens (including phenoxy) is 1. The predicted octanol–water partition coefficient (Wildman–Crippen LogP) is 2.48. The molecule has 0 bridgehead atoms.